The number of aromatic hydroxyl groups is 3. The van der Waals surface area contributed by atoms with Crippen LogP contribution in [0.25, 0.3) is 0 Å². The van der Waals surface area contributed by atoms with Gasteiger partial charge in [-0.05, 0) is 24.3 Å². The van der Waals surface area contributed by atoms with E-state index in [4.69, 9.17) is 23.7 Å². The van der Waals surface area contributed by atoms with Crippen molar-refractivity contribution in [1.82, 2.24) is 0 Å². The summed E-state index contributed by atoms with van der Waals surface area (Å²) in [7, 11) is 2.80. The van der Waals surface area contributed by atoms with E-state index in [1.807, 2.05) is 0 Å². The van der Waals surface area contributed by atoms with E-state index in [1.165, 1.54) is 38.5 Å². The van der Waals surface area contributed by atoms with Crippen molar-refractivity contribution in [3.05, 3.63) is 59.2 Å². The number of hydrogen-bond acceptors (Lipinski definition) is 11. The summed E-state index contributed by atoms with van der Waals surface area (Å²) in [6.07, 6.45) is -4.57. The number of aliphatic hydroxyl groups is 2. The van der Waals surface area contributed by atoms with Crippen molar-refractivity contribution in [2.45, 2.75) is 24.4 Å². The molecule has 0 saturated carbocycles. The fraction of sp³-hybridized carbons (Fsp3) is 0.269. The number of Topliss-reactive ketones (excluding diaryl/α,β-unsaturated/α-hetero) is 1. The molecule has 5 N–H and O–H groups in total. The standard InChI is InChI=1S/C26H24O11/c1-33-16-5-11(3-4-14(16)29)24-20(10-27)37-26-18(34-2)6-12(7-19(26)36-24)25-23(32)22(31)21-15(30)8-13(28)9-17(21)35-25/h3-9,20,23-25,27-30,32H,10H2,1-2H3/t20?,23-,24?,25+/m0/s1. The molecule has 5 rings (SSSR count). The lowest BCUT2D eigenvalue weighted by Gasteiger charge is -2.35. The molecule has 3 aromatic carbocycles. The second-order valence-electron chi connectivity index (χ2n) is 8.54. The van der Waals surface area contributed by atoms with Crippen molar-refractivity contribution in [1.29, 1.82) is 0 Å². The summed E-state index contributed by atoms with van der Waals surface area (Å²) < 4.78 is 28.7. The van der Waals surface area contributed by atoms with E-state index in [0.717, 1.165) is 6.07 Å². The number of ketones is 1. The Kier molecular flexibility index (Phi) is 6.10. The minimum Gasteiger partial charge on any atom is -0.508 e. The van der Waals surface area contributed by atoms with Crippen molar-refractivity contribution in [2.75, 3.05) is 20.8 Å². The van der Waals surface area contributed by atoms with Crippen molar-refractivity contribution in [3.8, 4) is 46.0 Å². The average molecular weight is 512 g/mol. The number of aliphatic hydroxyl groups excluding tert-OH is 2. The molecule has 2 aliphatic heterocycles. The third kappa shape index (κ3) is 4.07. The molecule has 0 saturated heterocycles. The SMILES string of the molecule is COc1cc(C2Oc3cc([C@H]4Oc5cc(O)cc(O)c5C(=O)[C@@H]4O)cc(OC)c3OC2CO)ccc1O. The highest BCUT2D eigenvalue weighted by Crippen LogP contribution is 2.49. The van der Waals surface area contributed by atoms with Gasteiger partial charge in [-0.2, -0.15) is 0 Å². The van der Waals surface area contributed by atoms with Crippen LogP contribution in [0.5, 0.6) is 46.0 Å². The van der Waals surface area contributed by atoms with Gasteiger partial charge in [-0.25, -0.2) is 0 Å². The van der Waals surface area contributed by atoms with E-state index in [-0.39, 0.29) is 51.4 Å². The monoisotopic (exact) mass is 512 g/mol. The largest absolute Gasteiger partial charge is 0.508 e. The fourth-order valence-corrected chi connectivity index (χ4v) is 4.49. The summed E-state index contributed by atoms with van der Waals surface area (Å²) in [4.78, 5) is 12.9. The molecule has 2 unspecified atom stereocenters. The molecule has 2 heterocycles. The fourth-order valence-electron chi connectivity index (χ4n) is 4.49. The molecular formula is C26H24O11. The molecular weight excluding hydrogens is 488 g/mol. The first-order chi connectivity index (χ1) is 17.7. The topological polar surface area (TPSA) is 164 Å². The number of methoxy groups -OCH3 is 2. The van der Waals surface area contributed by atoms with Crippen LogP contribution in [0.3, 0.4) is 0 Å². The predicted octanol–water partition coefficient (Wildman–Crippen LogP) is 2.37. The summed E-state index contributed by atoms with van der Waals surface area (Å²) in [5, 5.41) is 50.6. The van der Waals surface area contributed by atoms with Crippen LogP contribution in [0, 0.1) is 0 Å². The van der Waals surface area contributed by atoms with Crippen LogP contribution >= 0.6 is 0 Å². The van der Waals surface area contributed by atoms with Gasteiger partial charge in [0.25, 0.3) is 0 Å². The molecule has 11 heteroatoms. The molecule has 194 valence electrons. The summed E-state index contributed by atoms with van der Waals surface area (Å²) >= 11 is 0. The van der Waals surface area contributed by atoms with Crippen molar-refractivity contribution in [3.63, 3.8) is 0 Å². The van der Waals surface area contributed by atoms with E-state index < -0.39 is 42.6 Å². The lowest BCUT2D eigenvalue weighted by atomic mass is 9.92. The summed E-state index contributed by atoms with van der Waals surface area (Å²) in [5.74, 6) is -1.01. The number of carbonyl (C=O) groups excluding carboxylic acids is 1. The van der Waals surface area contributed by atoms with Crippen LogP contribution in [0.2, 0.25) is 0 Å². The molecule has 37 heavy (non-hydrogen) atoms. The normalized spacial score (nSPS) is 22.1. The zero-order valence-corrected chi connectivity index (χ0v) is 19.7. The number of phenols is 3. The van der Waals surface area contributed by atoms with Crippen molar-refractivity contribution in [2.24, 2.45) is 0 Å². The van der Waals surface area contributed by atoms with E-state index in [9.17, 15) is 30.3 Å². The van der Waals surface area contributed by atoms with Crippen LogP contribution in [0.4, 0.5) is 0 Å². The number of fused-ring (bicyclic) bond motifs is 2. The lowest BCUT2D eigenvalue weighted by Crippen LogP contribution is -2.37. The molecule has 0 fully saturated rings. The maximum Gasteiger partial charge on any atom is 0.204 e. The highest BCUT2D eigenvalue weighted by atomic mass is 16.6. The van der Waals surface area contributed by atoms with Crippen LogP contribution in [-0.2, 0) is 0 Å². The third-order valence-electron chi connectivity index (χ3n) is 6.29. The Morgan fingerprint density at radius 1 is 0.811 bits per heavy atom. The number of phenolic OH excluding ortho intramolecular Hbond substituents is 3. The molecule has 0 amide bonds. The Hall–Kier alpha value is -4.35. The van der Waals surface area contributed by atoms with Gasteiger partial charge in [0.05, 0.1) is 20.8 Å². The quantitative estimate of drug-likeness (QED) is 0.341. The number of carbonyl (C=O) groups is 1. The summed E-state index contributed by atoms with van der Waals surface area (Å²) in [5.41, 5.74) is 0.601. The molecule has 11 nitrogen and oxygen atoms in total. The summed E-state index contributed by atoms with van der Waals surface area (Å²) in [6.45, 7) is -0.402. The van der Waals surface area contributed by atoms with Gasteiger partial charge in [0.15, 0.2) is 47.4 Å². The number of ether oxygens (including phenoxy) is 5. The minimum absolute atomic E-state index is 0.0710. The second kappa shape index (κ2) is 9.26. The van der Waals surface area contributed by atoms with E-state index >= 15 is 0 Å². The third-order valence-corrected chi connectivity index (χ3v) is 6.29. The first-order valence-corrected chi connectivity index (χ1v) is 11.2. The first kappa shape index (κ1) is 24.3. The molecule has 4 atom stereocenters. The van der Waals surface area contributed by atoms with Crippen LogP contribution in [0.15, 0.2) is 42.5 Å². The highest BCUT2D eigenvalue weighted by molar-refractivity contribution is 6.05. The Morgan fingerprint density at radius 3 is 2.22 bits per heavy atom. The van der Waals surface area contributed by atoms with Crippen molar-refractivity contribution >= 4 is 5.78 Å². The van der Waals surface area contributed by atoms with Gasteiger partial charge < -0.3 is 49.2 Å². The maximum atomic E-state index is 12.9. The number of hydrogen-bond donors (Lipinski definition) is 5. The lowest BCUT2D eigenvalue weighted by molar-refractivity contribution is -0.0149. The molecule has 0 spiro atoms. The molecule has 0 aliphatic carbocycles. The Balaban J connectivity index is 1.56. The van der Waals surface area contributed by atoms with E-state index in [2.05, 4.69) is 0 Å². The van der Waals surface area contributed by atoms with Gasteiger partial charge in [0, 0.05) is 23.3 Å². The van der Waals surface area contributed by atoms with Gasteiger partial charge in [-0.1, -0.05) is 6.07 Å². The minimum atomic E-state index is -1.68. The maximum absolute atomic E-state index is 12.9. The number of rotatable bonds is 5. The first-order valence-electron chi connectivity index (χ1n) is 11.2. The Bertz CT molecular complexity index is 1370. The van der Waals surface area contributed by atoms with Crippen LogP contribution in [-0.4, -0.2) is 64.4 Å². The van der Waals surface area contributed by atoms with E-state index in [0.29, 0.717) is 5.56 Å². The Morgan fingerprint density at radius 2 is 1.51 bits per heavy atom. The molecule has 2 aliphatic rings. The molecule has 3 aromatic rings. The molecule has 0 aromatic heterocycles. The van der Waals surface area contributed by atoms with Gasteiger partial charge in [-0.15, -0.1) is 0 Å². The summed E-state index contributed by atoms with van der Waals surface area (Å²) in [6, 6.07) is 9.74. The van der Waals surface area contributed by atoms with Crippen LogP contribution < -0.4 is 23.7 Å². The van der Waals surface area contributed by atoms with Crippen LogP contribution in [0.1, 0.15) is 33.7 Å². The second-order valence-corrected chi connectivity index (χ2v) is 8.54. The molecule has 0 radical (unpaired) electrons. The zero-order chi connectivity index (χ0) is 26.4. The van der Waals surface area contributed by atoms with Gasteiger partial charge in [0.1, 0.15) is 22.8 Å². The Labute approximate surface area is 210 Å². The molecule has 0 bridgehead atoms. The zero-order valence-electron chi connectivity index (χ0n) is 19.7. The average Bonchev–Trinajstić information content (AvgIpc) is 2.89. The van der Waals surface area contributed by atoms with E-state index in [1.54, 1.807) is 12.1 Å². The van der Waals surface area contributed by atoms with Crippen molar-refractivity contribution < 1.29 is 54.0 Å². The predicted molar refractivity (Wildman–Crippen MR) is 126 cm³/mol. The van der Waals surface area contributed by atoms with Gasteiger partial charge in [0.2, 0.25) is 11.5 Å². The smallest absolute Gasteiger partial charge is 0.204 e. The van der Waals surface area contributed by atoms with Gasteiger partial charge in [-0.3, -0.25) is 4.79 Å². The highest BCUT2D eigenvalue weighted by Gasteiger charge is 2.41. The van der Waals surface area contributed by atoms with Gasteiger partial charge >= 0.3 is 0 Å². The number of benzene rings is 3.